The van der Waals surface area contributed by atoms with Crippen LogP contribution in [0.4, 0.5) is 0 Å². The van der Waals surface area contributed by atoms with Crippen molar-refractivity contribution < 1.29 is 19.5 Å². The van der Waals surface area contributed by atoms with Crippen molar-refractivity contribution in [3.8, 4) is 5.75 Å². The number of benzene rings is 2. The van der Waals surface area contributed by atoms with Crippen LogP contribution in [-0.4, -0.2) is 30.3 Å². The van der Waals surface area contributed by atoms with Crippen molar-refractivity contribution in [1.82, 2.24) is 0 Å². The van der Waals surface area contributed by atoms with Crippen molar-refractivity contribution in [3.63, 3.8) is 0 Å². The van der Waals surface area contributed by atoms with Gasteiger partial charge in [0.05, 0.1) is 0 Å². The van der Waals surface area contributed by atoms with Crippen LogP contribution in [-0.2, 0) is 16.2 Å². The van der Waals surface area contributed by atoms with E-state index >= 15 is 0 Å². The van der Waals surface area contributed by atoms with E-state index in [-0.39, 0.29) is 12.3 Å². The predicted molar refractivity (Wildman–Crippen MR) is 87.6 cm³/mol. The first-order valence-corrected chi connectivity index (χ1v) is 7.19. The number of aliphatic hydroxyl groups excluding tert-OH is 1. The Balaban J connectivity index is 2.28. The van der Waals surface area contributed by atoms with E-state index in [1.165, 1.54) is 7.11 Å². The van der Waals surface area contributed by atoms with Crippen molar-refractivity contribution in [1.29, 1.82) is 0 Å². The average molecular weight is 313 g/mol. The van der Waals surface area contributed by atoms with Gasteiger partial charge in [-0.25, -0.2) is 0 Å². The Morgan fingerprint density at radius 3 is 2.52 bits per heavy atom. The van der Waals surface area contributed by atoms with Gasteiger partial charge in [-0.2, -0.15) is 0 Å². The molecule has 0 fully saturated rings. The van der Waals surface area contributed by atoms with Crippen molar-refractivity contribution in [2.24, 2.45) is 5.16 Å². The molecule has 23 heavy (non-hydrogen) atoms. The van der Waals surface area contributed by atoms with Gasteiger partial charge in [0.15, 0.2) is 5.71 Å². The van der Waals surface area contributed by atoms with E-state index in [1.807, 2.05) is 43.3 Å². The number of carbonyl (C=O) groups excluding carboxylic acids is 1. The van der Waals surface area contributed by atoms with E-state index in [1.54, 1.807) is 12.1 Å². The zero-order valence-electron chi connectivity index (χ0n) is 13.2. The van der Waals surface area contributed by atoms with Crippen LogP contribution in [0.3, 0.4) is 0 Å². The molecule has 2 rings (SSSR count). The molecule has 0 amide bonds. The average Bonchev–Trinajstić information content (AvgIpc) is 2.59. The second-order valence-electron chi connectivity index (χ2n) is 4.92. The number of carbonyl (C=O) groups is 1. The topological polar surface area (TPSA) is 68.1 Å². The van der Waals surface area contributed by atoms with Gasteiger partial charge in [-0.1, -0.05) is 47.6 Å². The third kappa shape index (κ3) is 4.17. The van der Waals surface area contributed by atoms with E-state index in [0.717, 1.165) is 16.9 Å². The molecule has 0 atom stereocenters. The predicted octanol–water partition coefficient (Wildman–Crippen LogP) is 2.49. The lowest BCUT2D eigenvalue weighted by atomic mass is 10.0. The molecule has 0 heterocycles. The number of hydrogen-bond donors (Lipinski definition) is 1. The molecule has 0 aliphatic carbocycles. The van der Waals surface area contributed by atoms with E-state index in [0.29, 0.717) is 5.56 Å². The largest absolute Gasteiger partial charge is 0.489 e. The number of hydrogen-bond acceptors (Lipinski definition) is 5. The van der Waals surface area contributed by atoms with Crippen LogP contribution in [0.2, 0.25) is 0 Å². The summed E-state index contributed by atoms with van der Waals surface area (Å²) in [6.07, 6.45) is 0. The van der Waals surface area contributed by atoms with Gasteiger partial charge in [0.2, 0.25) is 5.78 Å². The molecule has 0 saturated carbocycles. The van der Waals surface area contributed by atoms with E-state index < -0.39 is 12.4 Å². The number of aliphatic hydroxyl groups is 1. The molecule has 0 radical (unpaired) electrons. The summed E-state index contributed by atoms with van der Waals surface area (Å²) in [5.74, 6) is 0.274. The summed E-state index contributed by atoms with van der Waals surface area (Å²) in [4.78, 5) is 16.6. The molecule has 0 aliphatic rings. The standard InChI is InChI=1S/C18H19NO4/c1-13-7-3-6-10-17(13)23-12-14-8-4-5-9-15(14)18(19-22-2)16(21)11-20/h3-10,20H,11-12H2,1-2H3/b19-18-. The second-order valence-corrected chi connectivity index (χ2v) is 4.92. The molecule has 0 bridgehead atoms. The Morgan fingerprint density at radius 1 is 1.13 bits per heavy atom. The maximum absolute atomic E-state index is 11.9. The van der Waals surface area contributed by atoms with Gasteiger partial charge in [-0.05, 0) is 24.1 Å². The van der Waals surface area contributed by atoms with Crippen molar-refractivity contribution >= 4 is 11.5 Å². The maximum atomic E-state index is 11.9. The zero-order valence-corrected chi connectivity index (χ0v) is 13.2. The van der Waals surface area contributed by atoms with E-state index in [4.69, 9.17) is 14.7 Å². The van der Waals surface area contributed by atoms with Gasteiger partial charge < -0.3 is 14.7 Å². The van der Waals surface area contributed by atoms with Gasteiger partial charge in [-0.3, -0.25) is 4.79 Å². The highest BCUT2D eigenvalue weighted by molar-refractivity contribution is 6.46. The minimum Gasteiger partial charge on any atom is -0.489 e. The van der Waals surface area contributed by atoms with Crippen molar-refractivity contribution in [2.75, 3.05) is 13.7 Å². The first-order chi connectivity index (χ1) is 11.2. The van der Waals surface area contributed by atoms with Gasteiger partial charge >= 0.3 is 0 Å². The molecule has 2 aromatic rings. The van der Waals surface area contributed by atoms with Gasteiger partial charge in [0, 0.05) is 5.56 Å². The minimum absolute atomic E-state index is 0.0824. The molecule has 2 aromatic carbocycles. The Kier molecular flexibility index (Phi) is 5.88. The number of ether oxygens (including phenoxy) is 1. The first kappa shape index (κ1) is 16.7. The highest BCUT2D eigenvalue weighted by Crippen LogP contribution is 2.19. The van der Waals surface area contributed by atoms with Crippen molar-refractivity contribution in [2.45, 2.75) is 13.5 Å². The molecule has 0 spiro atoms. The zero-order chi connectivity index (χ0) is 16.7. The normalized spacial score (nSPS) is 11.2. The number of aryl methyl sites for hydroxylation is 1. The summed E-state index contributed by atoms with van der Waals surface area (Å²) in [5, 5.41) is 12.9. The fourth-order valence-electron chi connectivity index (χ4n) is 2.17. The molecule has 0 aromatic heterocycles. The number of nitrogens with zero attached hydrogens (tertiary/aromatic N) is 1. The van der Waals surface area contributed by atoms with Crippen LogP contribution in [0.15, 0.2) is 53.7 Å². The smallest absolute Gasteiger partial charge is 0.210 e. The van der Waals surface area contributed by atoms with Gasteiger partial charge in [-0.15, -0.1) is 0 Å². The summed E-state index contributed by atoms with van der Waals surface area (Å²) in [6.45, 7) is 1.62. The lowest BCUT2D eigenvalue weighted by Crippen LogP contribution is -2.21. The highest BCUT2D eigenvalue weighted by Gasteiger charge is 2.17. The first-order valence-electron chi connectivity index (χ1n) is 7.19. The van der Waals surface area contributed by atoms with Crippen LogP contribution < -0.4 is 4.74 Å². The number of ketones is 1. The Labute approximate surface area is 135 Å². The number of rotatable bonds is 7. The number of Topliss-reactive ketones (excluding diaryl/α,β-unsaturated/α-hetero) is 1. The molecular weight excluding hydrogens is 294 g/mol. The molecule has 120 valence electrons. The number of para-hydroxylation sites is 1. The third-order valence-electron chi connectivity index (χ3n) is 3.34. The molecule has 0 aliphatic heterocycles. The number of oxime groups is 1. The second kappa shape index (κ2) is 8.10. The monoisotopic (exact) mass is 313 g/mol. The molecule has 1 N–H and O–H groups in total. The Bertz CT molecular complexity index is 710. The summed E-state index contributed by atoms with van der Waals surface area (Å²) in [6, 6.07) is 15.0. The molecule has 0 saturated heterocycles. The summed E-state index contributed by atoms with van der Waals surface area (Å²) in [7, 11) is 1.36. The third-order valence-corrected chi connectivity index (χ3v) is 3.34. The lowest BCUT2D eigenvalue weighted by molar-refractivity contribution is -0.115. The fraction of sp³-hybridized carbons (Fsp3) is 0.222. The molecule has 0 unspecified atom stereocenters. The fourth-order valence-corrected chi connectivity index (χ4v) is 2.17. The van der Waals surface area contributed by atoms with Crippen molar-refractivity contribution in [3.05, 3.63) is 65.2 Å². The van der Waals surface area contributed by atoms with E-state index in [9.17, 15) is 4.79 Å². The summed E-state index contributed by atoms with van der Waals surface area (Å²) >= 11 is 0. The SMILES string of the molecule is CO/N=C(\C(=O)CO)c1ccccc1COc1ccccc1C. The maximum Gasteiger partial charge on any atom is 0.210 e. The minimum atomic E-state index is -0.630. The Hall–Kier alpha value is -2.66. The molecular formula is C18H19NO4. The van der Waals surface area contributed by atoms with Crippen LogP contribution in [0.25, 0.3) is 0 Å². The van der Waals surface area contributed by atoms with Crippen LogP contribution in [0, 0.1) is 6.92 Å². The van der Waals surface area contributed by atoms with Gasteiger partial charge in [0.1, 0.15) is 26.1 Å². The van der Waals surface area contributed by atoms with E-state index in [2.05, 4.69) is 5.16 Å². The van der Waals surface area contributed by atoms with Gasteiger partial charge in [0.25, 0.3) is 0 Å². The summed E-state index contributed by atoms with van der Waals surface area (Å²) in [5.41, 5.74) is 2.48. The van der Waals surface area contributed by atoms with Crippen LogP contribution >= 0.6 is 0 Å². The highest BCUT2D eigenvalue weighted by atomic mass is 16.6. The van der Waals surface area contributed by atoms with Crippen LogP contribution in [0.5, 0.6) is 5.75 Å². The molecule has 5 heteroatoms. The summed E-state index contributed by atoms with van der Waals surface area (Å²) < 4.78 is 5.84. The lowest BCUT2D eigenvalue weighted by Gasteiger charge is -2.13. The molecule has 5 nitrogen and oxygen atoms in total. The quantitative estimate of drug-likeness (QED) is 0.630. The van der Waals surface area contributed by atoms with Crippen LogP contribution in [0.1, 0.15) is 16.7 Å². The Morgan fingerprint density at radius 2 is 1.83 bits per heavy atom.